The van der Waals surface area contributed by atoms with Crippen LogP contribution in [0.5, 0.6) is 0 Å². The fourth-order valence-corrected chi connectivity index (χ4v) is 2.32. The number of rotatable bonds is 4. The van der Waals surface area contributed by atoms with Crippen molar-refractivity contribution in [1.29, 1.82) is 0 Å². The van der Waals surface area contributed by atoms with Crippen LogP contribution in [0.15, 0.2) is 24.3 Å². The first-order valence-electron chi connectivity index (χ1n) is 4.26. The minimum absolute atomic E-state index is 0.196. The molecule has 0 aliphatic heterocycles. The van der Waals surface area contributed by atoms with Crippen molar-refractivity contribution >= 4 is 26.0 Å². The quantitative estimate of drug-likeness (QED) is 0.865. The molecule has 0 unspecified atom stereocenters. The van der Waals surface area contributed by atoms with Gasteiger partial charge in [-0.25, -0.2) is 17.5 Å². The topological polar surface area (TPSA) is 46.2 Å². The molecule has 1 aromatic rings. The van der Waals surface area contributed by atoms with Crippen molar-refractivity contribution in [2.24, 2.45) is 0 Å². The van der Waals surface area contributed by atoms with Gasteiger partial charge in [0.1, 0.15) is 10.5 Å². The molecule has 84 valence electrons. The zero-order chi connectivity index (χ0) is 11.5. The van der Waals surface area contributed by atoms with E-state index in [9.17, 15) is 12.8 Å². The average molecular weight is 296 g/mol. The van der Waals surface area contributed by atoms with Gasteiger partial charge in [0.15, 0.2) is 0 Å². The van der Waals surface area contributed by atoms with Gasteiger partial charge >= 0.3 is 0 Å². The Hall–Kier alpha value is -0.460. The largest absolute Gasteiger partial charge is 0.222 e. The van der Waals surface area contributed by atoms with E-state index in [4.69, 9.17) is 0 Å². The molecule has 0 spiro atoms. The van der Waals surface area contributed by atoms with Crippen LogP contribution in [0, 0.1) is 5.82 Å². The molecular formula is C9H11BrFNO2S. The second kappa shape index (κ2) is 5.05. The monoisotopic (exact) mass is 295 g/mol. The van der Waals surface area contributed by atoms with Crippen molar-refractivity contribution in [1.82, 2.24) is 4.72 Å². The molecule has 0 amide bonds. The predicted molar refractivity (Wildman–Crippen MR) is 60.7 cm³/mol. The Morgan fingerprint density at radius 2 is 2.07 bits per heavy atom. The number of halogens is 2. The molecule has 0 radical (unpaired) electrons. The van der Waals surface area contributed by atoms with Crippen LogP contribution in [0.3, 0.4) is 0 Å². The highest BCUT2D eigenvalue weighted by molar-refractivity contribution is 9.10. The van der Waals surface area contributed by atoms with Gasteiger partial charge in [0.05, 0.1) is 0 Å². The summed E-state index contributed by atoms with van der Waals surface area (Å²) in [5.41, 5.74) is 0.335. The molecule has 0 aromatic heterocycles. The third-order valence-corrected chi connectivity index (χ3v) is 4.68. The minimum Gasteiger partial charge on any atom is -0.212 e. The van der Waals surface area contributed by atoms with Gasteiger partial charge in [-0.3, -0.25) is 0 Å². The molecule has 0 heterocycles. The minimum atomic E-state index is -3.38. The molecule has 1 rings (SSSR count). The fraction of sp³-hybridized carbons (Fsp3) is 0.333. The van der Waals surface area contributed by atoms with E-state index in [0.717, 1.165) is 0 Å². The number of nitrogens with one attached hydrogen (secondary N) is 1. The molecule has 0 fully saturated rings. The third-order valence-electron chi connectivity index (χ3n) is 1.87. The van der Waals surface area contributed by atoms with Crippen molar-refractivity contribution in [2.45, 2.75) is 13.0 Å². The van der Waals surface area contributed by atoms with Gasteiger partial charge in [0.2, 0.25) is 10.0 Å². The summed E-state index contributed by atoms with van der Waals surface area (Å²) in [6.07, 6.45) is 0. The van der Waals surface area contributed by atoms with Crippen molar-refractivity contribution in [2.75, 3.05) is 4.66 Å². The van der Waals surface area contributed by atoms with Crippen molar-refractivity contribution in [3.63, 3.8) is 0 Å². The number of alkyl halides is 1. The highest BCUT2D eigenvalue weighted by Gasteiger charge is 2.16. The lowest BCUT2D eigenvalue weighted by molar-refractivity contribution is 0.553. The normalized spacial score (nSPS) is 13.8. The van der Waals surface area contributed by atoms with Gasteiger partial charge in [0, 0.05) is 11.6 Å². The summed E-state index contributed by atoms with van der Waals surface area (Å²) in [5, 5.41) is 0. The van der Waals surface area contributed by atoms with Gasteiger partial charge in [-0.15, -0.1) is 0 Å². The molecule has 6 heteroatoms. The maximum absolute atomic E-state index is 13.3. The van der Waals surface area contributed by atoms with E-state index in [1.807, 2.05) is 0 Å². The maximum Gasteiger partial charge on any atom is 0.222 e. The Kier molecular flexibility index (Phi) is 4.24. The lowest BCUT2D eigenvalue weighted by Gasteiger charge is -2.13. The first-order chi connectivity index (χ1) is 6.96. The molecule has 1 N–H and O–H groups in total. The number of sulfonamides is 1. The first-order valence-corrected chi connectivity index (χ1v) is 7.04. The third kappa shape index (κ3) is 3.55. The Morgan fingerprint density at radius 1 is 1.47 bits per heavy atom. The average Bonchev–Trinajstić information content (AvgIpc) is 2.17. The summed E-state index contributed by atoms with van der Waals surface area (Å²) in [6.45, 7) is 1.60. The van der Waals surface area contributed by atoms with Crippen LogP contribution < -0.4 is 4.72 Å². The van der Waals surface area contributed by atoms with Crippen LogP contribution in [-0.4, -0.2) is 13.1 Å². The molecule has 0 bridgehead atoms. The highest BCUT2D eigenvalue weighted by Crippen LogP contribution is 2.17. The van der Waals surface area contributed by atoms with E-state index in [1.54, 1.807) is 25.1 Å². The maximum atomic E-state index is 13.3. The van der Waals surface area contributed by atoms with Crippen molar-refractivity contribution < 1.29 is 12.8 Å². The van der Waals surface area contributed by atoms with Gasteiger partial charge in [0.25, 0.3) is 0 Å². The lowest BCUT2D eigenvalue weighted by atomic mass is 10.1. The van der Waals surface area contributed by atoms with Crippen LogP contribution in [0.4, 0.5) is 4.39 Å². The molecule has 1 aromatic carbocycles. The second-order valence-electron chi connectivity index (χ2n) is 3.08. The molecule has 1 atom stereocenters. The number of hydrogen-bond donors (Lipinski definition) is 1. The zero-order valence-electron chi connectivity index (χ0n) is 8.07. The Labute approximate surface area is 96.9 Å². The van der Waals surface area contributed by atoms with Gasteiger partial charge in [-0.05, 0) is 13.0 Å². The Bertz CT molecular complexity index is 435. The Balaban J connectivity index is 2.87. The van der Waals surface area contributed by atoms with E-state index in [-0.39, 0.29) is 4.66 Å². The number of hydrogen-bond acceptors (Lipinski definition) is 2. The summed E-state index contributed by atoms with van der Waals surface area (Å²) in [5.74, 6) is -0.415. The summed E-state index contributed by atoms with van der Waals surface area (Å²) >= 11 is 2.85. The second-order valence-corrected chi connectivity index (χ2v) is 6.14. The lowest BCUT2D eigenvalue weighted by Crippen LogP contribution is -2.27. The highest BCUT2D eigenvalue weighted by atomic mass is 79.9. The summed E-state index contributed by atoms with van der Waals surface area (Å²) in [6, 6.07) is 5.50. The molecule has 3 nitrogen and oxygen atoms in total. The molecule has 0 aliphatic rings. The van der Waals surface area contributed by atoms with Crippen LogP contribution in [0.25, 0.3) is 0 Å². The van der Waals surface area contributed by atoms with E-state index < -0.39 is 21.9 Å². The van der Waals surface area contributed by atoms with Gasteiger partial charge in [-0.1, -0.05) is 34.1 Å². The molecule has 15 heavy (non-hydrogen) atoms. The zero-order valence-corrected chi connectivity index (χ0v) is 10.5. The summed E-state index contributed by atoms with van der Waals surface area (Å²) < 4.78 is 37.9. The van der Waals surface area contributed by atoms with Gasteiger partial charge < -0.3 is 0 Å². The van der Waals surface area contributed by atoms with E-state index >= 15 is 0 Å². The van der Waals surface area contributed by atoms with E-state index in [2.05, 4.69) is 20.7 Å². The van der Waals surface area contributed by atoms with Crippen LogP contribution >= 0.6 is 15.9 Å². The molecule has 0 aliphatic carbocycles. The standard InChI is InChI=1S/C9H11BrFNO2S/c1-7(12-15(13,14)6-10)8-4-2-3-5-9(8)11/h2-5,7,12H,6H2,1H3/t7-/m1/s1. The van der Waals surface area contributed by atoms with Crippen molar-refractivity contribution in [3.8, 4) is 0 Å². The van der Waals surface area contributed by atoms with Crippen molar-refractivity contribution in [3.05, 3.63) is 35.6 Å². The molecule has 0 saturated heterocycles. The van der Waals surface area contributed by atoms with E-state index in [0.29, 0.717) is 5.56 Å². The fourth-order valence-electron chi connectivity index (χ4n) is 1.19. The van der Waals surface area contributed by atoms with Crippen LogP contribution in [-0.2, 0) is 10.0 Å². The summed E-state index contributed by atoms with van der Waals surface area (Å²) in [7, 11) is -3.38. The van der Waals surface area contributed by atoms with Crippen LogP contribution in [0.2, 0.25) is 0 Å². The SMILES string of the molecule is C[C@@H](NS(=O)(=O)CBr)c1ccccc1F. The van der Waals surface area contributed by atoms with Gasteiger partial charge in [-0.2, -0.15) is 0 Å². The van der Waals surface area contributed by atoms with Crippen LogP contribution in [0.1, 0.15) is 18.5 Å². The predicted octanol–water partition coefficient (Wildman–Crippen LogP) is 2.16. The smallest absolute Gasteiger partial charge is 0.212 e. The molecular weight excluding hydrogens is 285 g/mol. The first kappa shape index (κ1) is 12.6. The number of benzene rings is 1. The Morgan fingerprint density at radius 3 is 2.60 bits per heavy atom. The van der Waals surface area contributed by atoms with E-state index in [1.165, 1.54) is 6.07 Å². The molecule has 0 saturated carbocycles. The summed E-state index contributed by atoms with van der Waals surface area (Å²) in [4.78, 5) is 0.